The number of aromatic nitrogens is 1. The summed E-state index contributed by atoms with van der Waals surface area (Å²) in [5, 5.41) is 4.93. The van der Waals surface area contributed by atoms with Crippen LogP contribution in [0, 0.1) is 6.92 Å². The third-order valence-corrected chi connectivity index (χ3v) is 15.8. The molecule has 4 heterocycles. The largest absolute Gasteiger partial charge is 0.456 e. The van der Waals surface area contributed by atoms with E-state index >= 15 is 0 Å². The van der Waals surface area contributed by atoms with Gasteiger partial charge in [-0.05, 0) is 127 Å². The van der Waals surface area contributed by atoms with E-state index in [9.17, 15) is 0 Å². The van der Waals surface area contributed by atoms with E-state index in [1.54, 1.807) is 0 Å². The minimum absolute atomic E-state index is 0.0361. The molecule has 3 nitrogen and oxygen atoms in total. The molecule has 2 aromatic heterocycles. The van der Waals surface area contributed by atoms with Crippen LogP contribution in [0.1, 0.15) is 81.8 Å². The van der Waals surface area contributed by atoms with Gasteiger partial charge in [-0.1, -0.05) is 139 Å². The third kappa shape index (κ3) is 4.32. The van der Waals surface area contributed by atoms with E-state index in [-0.39, 0.29) is 23.1 Å². The van der Waals surface area contributed by atoms with Crippen LogP contribution in [-0.2, 0) is 16.2 Å². The molecule has 4 aliphatic rings. The fourth-order valence-electron chi connectivity index (χ4n) is 12.7. The van der Waals surface area contributed by atoms with Crippen LogP contribution in [0.4, 0.5) is 11.4 Å². The average molecular weight is 811 g/mol. The number of aryl methyl sites for hydroxylation is 1. The van der Waals surface area contributed by atoms with Crippen LogP contribution in [0.2, 0.25) is 0 Å². The maximum absolute atomic E-state index is 6.67. The Balaban J connectivity index is 1.17. The van der Waals surface area contributed by atoms with Gasteiger partial charge < -0.3 is 13.8 Å². The predicted molar refractivity (Wildman–Crippen MR) is 266 cm³/mol. The summed E-state index contributed by atoms with van der Waals surface area (Å²) in [7, 11) is 0. The second kappa shape index (κ2) is 11.4. The smallest absolute Gasteiger partial charge is 0.333 e. The van der Waals surface area contributed by atoms with E-state index in [0.717, 1.165) is 16.6 Å². The van der Waals surface area contributed by atoms with Gasteiger partial charge in [0.2, 0.25) is 0 Å². The van der Waals surface area contributed by atoms with Crippen LogP contribution in [0.15, 0.2) is 144 Å². The Hall–Kier alpha value is -6.78. The van der Waals surface area contributed by atoms with Crippen molar-refractivity contribution >= 4 is 72.9 Å². The molecule has 0 spiro atoms. The highest BCUT2D eigenvalue weighted by atomic mass is 16.3. The molecule has 0 N–H and O–H groups in total. The van der Waals surface area contributed by atoms with Crippen LogP contribution >= 0.6 is 0 Å². The Bertz CT molecular complexity index is 3740. The molecule has 8 aromatic carbocycles. The zero-order valence-corrected chi connectivity index (χ0v) is 37.2. The van der Waals surface area contributed by atoms with Crippen LogP contribution < -0.4 is 15.7 Å². The molecule has 0 saturated heterocycles. The molecule has 2 aliphatic carbocycles. The van der Waals surface area contributed by atoms with Crippen molar-refractivity contribution in [1.29, 1.82) is 0 Å². The molecule has 0 atom stereocenters. The number of furan rings is 1. The van der Waals surface area contributed by atoms with Gasteiger partial charge in [0.15, 0.2) is 0 Å². The molecule has 2 aliphatic heterocycles. The van der Waals surface area contributed by atoms with Crippen molar-refractivity contribution in [2.24, 2.45) is 0 Å². The second-order valence-electron chi connectivity index (χ2n) is 21.0. The maximum Gasteiger partial charge on any atom is 0.333 e. The predicted octanol–water partition coefficient (Wildman–Crippen LogP) is 14.1. The standard InChI is InChI=1S/C59H47BN2O/c1-32-25-42-40-27-46-39(36-16-10-13-19-45(36)58(46,5)6)29-50(40)62(34-23-21-33(22-24-34)57(2,3)4)60-48-28-38-35-15-9-12-18-44(35)59(7,8)47(38)30-51(48)61-49-31-53-41(37-17-11-14-20-52(37)63-53)26-43(49)54(32)56(61)55(42)60/h9-31H,1-8H3. The summed E-state index contributed by atoms with van der Waals surface area (Å²) in [6.07, 6.45) is 0. The minimum atomic E-state index is -0.157. The fourth-order valence-corrected chi connectivity index (χ4v) is 12.7. The summed E-state index contributed by atoms with van der Waals surface area (Å²) in [6.45, 7) is 18.8. The SMILES string of the molecule is Cc1cc2c3c4c1c1cc5c(cc1n4-c1cc4c(cc1B3N(c1ccc(C(C)(C)C)cc1)c1cc3c(cc1-2)C(C)(C)c1ccccc1-3)-c1ccccc1C4(C)C)oc1ccccc15. The summed E-state index contributed by atoms with van der Waals surface area (Å²) in [5.74, 6) is 0. The number of fused-ring (bicyclic) bond motifs is 17. The zero-order valence-electron chi connectivity index (χ0n) is 37.2. The number of rotatable bonds is 1. The molecule has 63 heavy (non-hydrogen) atoms. The number of anilines is 2. The third-order valence-electron chi connectivity index (χ3n) is 15.8. The van der Waals surface area contributed by atoms with Gasteiger partial charge in [-0.3, -0.25) is 0 Å². The first-order valence-electron chi connectivity index (χ1n) is 22.7. The maximum atomic E-state index is 6.67. The highest BCUT2D eigenvalue weighted by Gasteiger charge is 2.48. The van der Waals surface area contributed by atoms with Gasteiger partial charge in [0.05, 0.1) is 11.0 Å². The second-order valence-corrected chi connectivity index (χ2v) is 21.0. The van der Waals surface area contributed by atoms with Gasteiger partial charge in [0.25, 0.3) is 0 Å². The lowest BCUT2D eigenvalue weighted by atomic mass is 9.43. The lowest BCUT2D eigenvalue weighted by Crippen LogP contribution is -2.60. The monoisotopic (exact) mass is 810 g/mol. The van der Waals surface area contributed by atoms with Gasteiger partial charge in [-0.25, -0.2) is 0 Å². The van der Waals surface area contributed by atoms with Crippen LogP contribution in [0.5, 0.6) is 0 Å². The van der Waals surface area contributed by atoms with Crippen molar-refractivity contribution < 1.29 is 4.42 Å². The molecule has 0 radical (unpaired) electrons. The Morgan fingerprint density at radius 2 is 1.17 bits per heavy atom. The Labute approximate surface area is 368 Å². The minimum Gasteiger partial charge on any atom is -0.456 e. The van der Waals surface area contributed by atoms with Gasteiger partial charge in [-0.15, -0.1) is 0 Å². The van der Waals surface area contributed by atoms with Gasteiger partial charge in [0, 0.05) is 61.1 Å². The molecule has 0 saturated carbocycles. The van der Waals surface area contributed by atoms with Crippen LogP contribution in [-0.4, -0.2) is 11.4 Å². The van der Waals surface area contributed by atoms with Crippen LogP contribution in [0.3, 0.4) is 0 Å². The molecule has 14 rings (SSSR count). The number of para-hydroxylation sites is 1. The summed E-state index contributed by atoms with van der Waals surface area (Å²) in [4.78, 5) is 2.71. The van der Waals surface area contributed by atoms with Crippen molar-refractivity contribution in [2.45, 2.75) is 71.6 Å². The summed E-state index contributed by atoms with van der Waals surface area (Å²) < 4.78 is 9.30. The van der Waals surface area contributed by atoms with E-state index in [0.29, 0.717) is 0 Å². The quantitative estimate of drug-likeness (QED) is 0.154. The van der Waals surface area contributed by atoms with Gasteiger partial charge >= 0.3 is 6.85 Å². The lowest BCUT2D eigenvalue weighted by molar-refractivity contribution is 0.590. The highest BCUT2D eigenvalue weighted by Crippen LogP contribution is 2.56. The molecular weight excluding hydrogens is 763 g/mol. The van der Waals surface area contributed by atoms with Crippen molar-refractivity contribution in [2.75, 3.05) is 4.81 Å². The van der Waals surface area contributed by atoms with Crippen molar-refractivity contribution in [3.63, 3.8) is 0 Å². The molecule has 0 fully saturated rings. The zero-order chi connectivity index (χ0) is 42.6. The lowest BCUT2D eigenvalue weighted by Gasteiger charge is -2.43. The topological polar surface area (TPSA) is 21.3 Å². The molecule has 10 aromatic rings. The fraction of sp³-hybridized carbons (Fsp3) is 0.186. The highest BCUT2D eigenvalue weighted by molar-refractivity contribution is 6.93. The Morgan fingerprint density at radius 3 is 1.89 bits per heavy atom. The van der Waals surface area contributed by atoms with E-state index in [1.165, 1.54) is 122 Å². The molecule has 0 bridgehead atoms. The first-order chi connectivity index (χ1) is 30.3. The Morgan fingerprint density at radius 1 is 0.524 bits per heavy atom. The normalized spacial score (nSPS) is 15.8. The number of benzene rings is 8. The first-order valence-corrected chi connectivity index (χ1v) is 22.7. The molecule has 302 valence electrons. The molecular formula is C59H47BN2O. The molecule has 4 heteroatoms. The molecule has 0 unspecified atom stereocenters. The number of nitrogens with zero attached hydrogens (tertiary/aromatic N) is 2. The van der Waals surface area contributed by atoms with Gasteiger partial charge in [0.1, 0.15) is 11.2 Å². The van der Waals surface area contributed by atoms with Crippen LogP contribution in [0.25, 0.3) is 82.8 Å². The summed E-state index contributed by atoms with van der Waals surface area (Å²) >= 11 is 0. The van der Waals surface area contributed by atoms with Gasteiger partial charge in [-0.2, -0.15) is 0 Å². The van der Waals surface area contributed by atoms with E-state index < -0.39 is 0 Å². The number of hydrogen-bond donors (Lipinski definition) is 0. The first kappa shape index (κ1) is 35.8. The van der Waals surface area contributed by atoms with Crippen molar-refractivity contribution in [3.8, 4) is 39.1 Å². The van der Waals surface area contributed by atoms with Crippen molar-refractivity contribution in [1.82, 2.24) is 4.57 Å². The summed E-state index contributed by atoms with van der Waals surface area (Å²) in [5.41, 5.74) is 26.8. The summed E-state index contributed by atoms with van der Waals surface area (Å²) in [6, 6.07) is 53.7. The molecule has 0 amide bonds. The number of hydrogen-bond acceptors (Lipinski definition) is 2. The van der Waals surface area contributed by atoms with Crippen molar-refractivity contribution in [3.05, 3.63) is 173 Å². The van der Waals surface area contributed by atoms with E-state index in [1.807, 2.05) is 0 Å². The van der Waals surface area contributed by atoms with E-state index in [4.69, 9.17) is 4.42 Å². The van der Waals surface area contributed by atoms with E-state index in [2.05, 4.69) is 204 Å². The average Bonchev–Trinajstić information content (AvgIpc) is 3.95. The Kier molecular flexibility index (Phi) is 6.49.